The summed E-state index contributed by atoms with van der Waals surface area (Å²) < 4.78 is 26.2. The summed E-state index contributed by atoms with van der Waals surface area (Å²) >= 11 is 6.02. The SMILES string of the molecule is CC(NS(=O)(=O)CCCCN)c1ccccc1Cl. The lowest BCUT2D eigenvalue weighted by atomic mass is 10.1. The fourth-order valence-corrected chi connectivity index (χ4v) is 3.32. The maximum Gasteiger partial charge on any atom is 0.212 e. The monoisotopic (exact) mass is 290 g/mol. The number of benzene rings is 1. The molecule has 6 heteroatoms. The van der Waals surface area contributed by atoms with Crippen LogP contribution in [0.1, 0.15) is 31.4 Å². The average molecular weight is 291 g/mol. The third kappa shape index (κ3) is 4.94. The van der Waals surface area contributed by atoms with Gasteiger partial charge in [-0.3, -0.25) is 0 Å². The smallest absolute Gasteiger partial charge is 0.212 e. The average Bonchev–Trinajstić information content (AvgIpc) is 2.29. The molecule has 1 unspecified atom stereocenters. The van der Waals surface area contributed by atoms with Crippen molar-refractivity contribution in [3.05, 3.63) is 34.9 Å². The van der Waals surface area contributed by atoms with Crippen LogP contribution in [0.2, 0.25) is 5.02 Å². The molecular formula is C12H19ClN2O2S. The summed E-state index contributed by atoms with van der Waals surface area (Å²) in [6, 6.07) is 6.88. The molecule has 4 nitrogen and oxygen atoms in total. The number of nitrogens with two attached hydrogens (primary N) is 1. The van der Waals surface area contributed by atoms with Gasteiger partial charge in [0.2, 0.25) is 10.0 Å². The Morgan fingerprint density at radius 2 is 2.00 bits per heavy atom. The Balaban J connectivity index is 2.64. The molecule has 1 aromatic rings. The molecule has 0 saturated carbocycles. The first-order valence-corrected chi connectivity index (χ1v) is 7.94. The van der Waals surface area contributed by atoms with Gasteiger partial charge in [0.15, 0.2) is 0 Å². The second-order valence-corrected chi connectivity index (χ2v) is 6.46. The van der Waals surface area contributed by atoms with Crippen LogP contribution >= 0.6 is 11.6 Å². The highest BCUT2D eigenvalue weighted by molar-refractivity contribution is 7.89. The highest BCUT2D eigenvalue weighted by atomic mass is 35.5. The minimum Gasteiger partial charge on any atom is -0.330 e. The molecule has 1 aromatic carbocycles. The normalized spacial score (nSPS) is 13.5. The molecule has 0 bridgehead atoms. The van der Waals surface area contributed by atoms with Crippen LogP contribution < -0.4 is 10.5 Å². The predicted octanol–water partition coefficient (Wildman–Crippen LogP) is 2.06. The van der Waals surface area contributed by atoms with Crippen LogP contribution in [0.15, 0.2) is 24.3 Å². The van der Waals surface area contributed by atoms with Crippen LogP contribution in [-0.4, -0.2) is 20.7 Å². The minimum atomic E-state index is -3.28. The zero-order chi connectivity index (χ0) is 13.6. The fraction of sp³-hybridized carbons (Fsp3) is 0.500. The maximum absolute atomic E-state index is 11.8. The van der Waals surface area contributed by atoms with Gasteiger partial charge >= 0.3 is 0 Å². The molecule has 102 valence electrons. The molecule has 1 atom stereocenters. The van der Waals surface area contributed by atoms with Gasteiger partial charge in [0.25, 0.3) is 0 Å². The lowest BCUT2D eigenvalue weighted by molar-refractivity contribution is 0.563. The van der Waals surface area contributed by atoms with Crippen molar-refractivity contribution < 1.29 is 8.42 Å². The van der Waals surface area contributed by atoms with E-state index < -0.39 is 10.0 Å². The second-order valence-electron chi connectivity index (χ2n) is 4.18. The van der Waals surface area contributed by atoms with E-state index in [0.717, 1.165) is 5.56 Å². The molecule has 0 fully saturated rings. The van der Waals surface area contributed by atoms with Gasteiger partial charge in [0.1, 0.15) is 0 Å². The van der Waals surface area contributed by atoms with E-state index in [4.69, 9.17) is 17.3 Å². The number of hydrogen-bond acceptors (Lipinski definition) is 3. The first kappa shape index (κ1) is 15.4. The molecule has 0 spiro atoms. The standard InChI is InChI=1S/C12H19ClN2O2S/c1-10(11-6-2-3-7-12(11)13)15-18(16,17)9-5-4-8-14/h2-3,6-7,10,15H,4-5,8-9,14H2,1H3. The van der Waals surface area contributed by atoms with Crippen molar-refractivity contribution in [1.29, 1.82) is 0 Å². The van der Waals surface area contributed by atoms with Crippen molar-refractivity contribution in [3.8, 4) is 0 Å². The quantitative estimate of drug-likeness (QED) is 0.755. The largest absolute Gasteiger partial charge is 0.330 e. The Morgan fingerprint density at radius 3 is 2.61 bits per heavy atom. The van der Waals surface area contributed by atoms with Crippen molar-refractivity contribution >= 4 is 21.6 Å². The van der Waals surface area contributed by atoms with Gasteiger partial charge in [0, 0.05) is 11.1 Å². The van der Waals surface area contributed by atoms with Crippen molar-refractivity contribution in [2.75, 3.05) is 12.3 Å². The Labute approximate surface area is 114 Å². The Kier molecular flexibility index (Phi) is 6.08. The molecule has 0 heterocycles. The maximum atomic E-state index is 11.8. The highest BCUT2D eigenvalue weighted by Gasteiger charge is 2.16. The van der Waals surface area contributed by atoms with E-state index in [0.29, 0.717) is 24.4 Å². The summed E-state index contributed by atoms with van der Waals surface area (Å²) in [5, 5.41) is 0.564. The zero-order valence-electron chi connectivity index (χ0n) is 10.4. The van der Waals surface area contributed by atoms with Gasteiger partial charge in [-0.15, -0.1) is 0 Å². The molecule has 0 aliphatic heterocycles. The van der Waals surface area contributed by atoms with Gasteiger partial charge in [-0.1, -0.05) is 29.8 Å². The lowest BCUT2D eigenvalue weighted by Crippen LogP contribution is -2.29. The Hall–Kier alpha value is -0.620. The third-order valence-electron chi connectivity index (χ3n) is 2.60. The molecule has 0 aromatic heterocycles. The van der Waals surface area contributed by atoms with Crippen molar-refractivity contribution in [3.63, 3.8) is 0 Å². The van der Waals surface area contributed by atoms with E-state index in [2.05, 4.69) is 4.72 Å². The number of sulfonamides is 1. The van der Waals surface area contributed by atoms with Gasteiger partial charge in [-0.2, -0.15) is 0 Å². The number of rotatable bonds is 7. The zero-order valence-corrected chi connectivity index (χ0v) is 12.0. The topological polar surface area (TPSA) is 72.2 Å². The van der Waals surface area contributed by atoms with Gasteiger partial charge in [-0.25, -0.2) is 13.1 Å². The number of nitrogens with one attached hydrogen (secondary N) is 1. The second kappa shape index (κ2) is 7.09. The van der Waals surface area contributed by atoms with Crippen molar-refractivity contribution in [1.82, 2.24) is 4.72 Å². The van der Waals surface area contributed by atoms with Gasteiger partial charge < -0.3 is 5.73 Å². The Morgan fingerprint density at radius 1 is 1.33 bits per heavy atom. The van der Waals surface area contributed by atoms with Crippen LogP contribution in [0.4, 0.5) is 0 Å². The summed E-state index contributed by atoms with van der Waals surface area (Å²) in [6.45, 7) is 2.29. The van der Waals surface area contributed by atoms with Crippen molar-refractivity contribution in [2.45, 2.75) is 25.8 Å². The molecule has 0 aliphatic carbocycles. The third-order valence-corrected chi connectivity index (χ3v) is 4.48. The van der Waals surface area contributed by atoms with E-state index in [1.165, 1.54) is 0 Å². The van der Waals surface area contributed by atoms with Crippen LogP contribution in [0, 0.1) is 0 Å². The van der Waals surface area contributed by atoms with Gasteiger partial charge in [0.05, 0.1) is 5.75 Å². The lowest BCUT2D eigenvalue weighted by Gasteiger charge is -2.15. The van der Waals surface area contributed by atoms with Crippen LogP contribution in [-0.2, 0) is 10.0 Å². The predicted molar refractivity (Wildman–Crippen MR) is 75.1 cm³/mol. The van der Waals surface area contributed by atoms with E-state index in [-0.39, 0.29) is 11.8 Å². The highest BCUT2D eigenvalue weighted by Crippen LogP contribution is 2.22. The number of hydrogen-bond donors (Lipinski definition) is 2. The first-order valence-electron chi connectivity index (χ1n) is 5.91. The summed E-state index contributed by atoms with van der Waals surface area (Å²) in [6.07, 6.45) is 1.28. The van der Waals surface area contributed by atoms with E-state index in [9.17, 15) is 8.42 Å². The molecule has 0 saturated heterocycles. The fourth-order valence-electron chi connectivity index (χ4n) is 1.65. The number of unbranched alkanes of at least 4 members (excludes halogenated alkanes) is 1. The van der Waals surface area contributed by atoms with Crippen LogP contribution in [0.5, 0.6) is 0 Å². The van der Waals surface area contributed by atoms with E-state index >= 15 is 0 Å². The summed E-state index contributed by atoms with van der Waals surface area (Å²) in [4.78, 5) is 0. The van der Waals surface area contributed by atoms with E-state index in [1.807, 2.05) is 18.2 Å². The summed E-state index contributed by atoms with van der Waals surface area (Å²) in [5.41, 5.74) is 6.12. The molecule has 0 radical (unpaired) electrons. The Bertz CT molecular complexity index is 477. The molecule has 0 amide bonds. The minimum absolute atomic E-state index is 0.0962. The van der Waals surface area contributed by atoms with Crippen LogP contribution in [0.3, 0.4) is 0 Å². The molecule has 1 rings (SSSR count). The van der Waals surface area contributed by atoms with E-state index in [1.54, 1.807) is 13.0 Å². The molecule has 3 N–H and O–H groups in total. The van der Waals surface area contributed by atoms with Gasteiger partial charge in [-0.05, 0) is 37.9 Å². The number of halogens is 1. The summed E-state index contributed by atoms with van der Waals surface area (Å²) in [7, 11) is -3.28. The van der Waals surface area contributed by atoms with Crippen LogP contribution in [0.25, 0.3) is 0 Å². The molecule has 0 aliphatic rings. The van der Waals surface area contributed by atoms with Crippen molar-refractivity contribution in [2.24, 2.45) is 5.73 Å². The first-order chi connectivity index (χ1) is 8.46. The molecular weight excluding hydrogens is 272 g/mol. The molecule has 18 heavy (non-hydrogen) atoms. The summed E-state index contributed by atoms with van der Waals surface area (Å²) in [5.74, 6) is 0.0962.